The maximum absolute atomic E-state index is 13.4. The molecule has 0 bridgehead atoms. The number of para-hydroxylation sites is 1. The predicted molar refractivity (Wildman–Crippen MR) is 144 cm³/mol. The molecule has 1 aromatic heterocycles. The van der Waals surface area contributed by atoms with Crippen LogP contribution in [0.1, 0.15) is 33.3 Å². The topological polar surface area (TPSA) is 140 Å². The van der Waals surface area contributed by atoms with Gasteiger partial charge in [0.1, 0.15) is 12.4 Å². The Morgan fingerprint density at radius 1 is 1.11 bits per heavy atom. The van der Waals surface area contributed by atoms with Crippen LogP contribution < -0.4 is 31.4 Å². The Labute approximate surface area is 216 Å². The summed E-state index contributed by atoms with van der Waals surface area (Å²) in [6.07, 6.45) is 2.89. The Morgan fingerprint density at radius 3 is 2.35 bits per heavy atom. The molecule has 3 N–H and O–H groups in total. The van der Waals surface area contributed by atoms with Crippen molar-refractivity contribution >= 4 is 29.4 Å². The summed E-state index contributed by atoms with van der Waals surface area (Å²) in [4.78, 5) is 56.0. The van der Waals surface area contributed by atoms with Gasteiger partial charge in [0.15, 0.2) is 17.2 Å². The highest BCUT2D eigenvalue weighted by atomic mass is 16.5. The fourth-order valence-electron chi connectivity index (χ4n) is 3.77. The number of nitrogen functional groups attached to an aromatic ring is 1. The van der Waals surface area contributed by atoms with Gasteiger partial charge in [-0.2, -0.15) is 0 Å². The molecule has 0 radical (unpaired) electrons. The summed E-state index contributed by atoms with van der Waals surface area (Å²) in [5.41, 5.74) is 5.37. The Morgan fingerprint density at radius 2 is 1.78 bits per heavy atom. The summed E-state index contributed by atoms with van der Waals surface area (Å²) < 4.78 is 11.9. The second-order valence-electron chi connectivity index (χ2n) is 9.51. The first-order chi connectivity index (χ1) is 17.4. The first-order valence-corrected chi connectivity index (χ1v) is 12.0. The number of amides is 2. The summed E-state index contributed by atoms with van der Waals surface area (Å²) in [5, 5.41) is 0. The highest BCUT2D eigenvalue weighted by molar-refractivity contribution is 6.00. The number of hydrogen-bond donors (Lipinski definition) is 2. The number of rotatable bonds is 11. The number of nitrogens with two attached hydrogens (primary N) is 1. The molecule has 0 saturated carbocycles. The SMILES string of the molecule is COc1cccc(C=CC(=O)N(C)CC(=O)N(CC(C)C)c2c(N)n(CC(C)C)c(=O)[nH]c2=O)c1OC. The van der Waals surface area contributed by atoms with Crippen molar-refractivity contribution in [3.8, 4) is 11.5 Å². The third-order valence-corrected chi connectivity index (χ3v) is 5.47. The summed E-state index contributed by atoms with van der Waals surface area (Å²) in [7, 11) is 4.50. The van der Waals surface area contributed by atoms with Crippen molar-refractivity contribution in [3.05, 3.63) is 50.7 Å². The molecule has 1 aromatic carbocycles. The second kappa shape index (κ2) is 12.8. The van der Waals surface area contributed by atoms with E-state index >= 15 is 0 Å². The molecule has 2 aromatic rings. The summed E-state index contributed by atoms with van der Waals surface area (Å²) >= 11 is 0. The average molecular weight is 516 g/mol. The van der Waals surface area contributed by atoms with E-state index in [1.165, 1.54) is 41.7 Å². The molecule has 11 nitrogen and oxygen atoms in total. The molecule has 2 rings (SSSR count). The molecule has 2 amide bonds. The number of methoxy groups -OCH3 is 2. The Bertz CT molecular complexity index is 1260. The van der Waals surface area contributed by atoms with E-state index in [0.717, 1.165) is 0 Å². The van der Waals surface area contributed by atoms with Gasteiger partial charge in [-0.15, -0.1) is 0 Å². The molecular formula is C26H37N5O6. The van der Waals surface area contributed by atoms with Gasteiger partial charge < -0.3 is 25.0 Å². The van der Waals surface area contributed by atoms with Gasteiger partial charge in [-0.25, -0.2) is 4.79 Å². The maximum Gasteiger partial charge on any atom is 0.330 e. The average Bonchev–Trinajstić information content (AvgIpc) is 2.83. The number of carbonyl (C=O) groups excluding carboxylic acids is 2. The number of nitrogens with one attached hydrogen (secondary N) is 1. The van der Waals surface area contributed by atoms with Crippen LogP contribution in [-0.2, 0) is 16.1 Å². The number of benzene rings is 1. The van der Waals surface area contributed by atoms with Gasteiger partial charge >= 0.3 is 5.69 Å². The van der Waals surface area contributed by atoms with Crippen LogP contribution in [0.3, 0.4) is 0 Å². The molecule has 37 heavy (non-hydrogen) atoms. The van der Waals surface area contributed by atoms with Gasteiger partial charge in [0.2, 0.25) is 11.8 Å². The van der Waals surface area contributed by atoms with Crippen molar-refractivity contribution < 1.29 is 19.1 Å². The predicted octanol–water partition coefficient (Wildman–Crippen LogP) is 1.95. The van der Waals surface area contributed by atoms with Crippen molar-refractivity contribution in [3.63, 3.8) is 0 Å². The van der Waals surface area contributed by atoms with E-state index in [2.05, 4.69) is 4.98 Å². The van der Waals surface area contributed by atoms with E-state index < -0.39 is 23.1 Å². The Balaban J connectivity index is 2.34. The fraction of sp³-hybridized carbons (Fsp3) is 0.462. The number of nitrogens with zero attached hydrogens (tertiary/aromatic N) is 3. The lowest BCUT2D eigenvalue weighted by atomic mass is 10.1. The highest BCUT2D eigenvalue weighted by Crippen LogP contribution is 2.31. The number of anilines is 2. The van der Waals surface area contributed by atoms with Gasteiger partial charge in [-0.05, 0) is 24.0 Å². The highest BCUT2D eigenvalue weighted by Gasteiger charge is 2.26. The third-order valence-electron chi connectivity index (χ3n) is 5.47. The molecule has 0 saturated heterocycles. The van der Waals surface area contributed by atoms with Crippen LogP contribution in [-0.4, -0.2) is 60.6 Å². The number of hydrogen-bond acceptors (Lipinski definition) is 7. The first-order valence-electron chi connectivity index (χ1n) is 12.0. The smallest absolute Gasteiger partial charge is 0.330 e. The van der Waals surface area contributed by atoms with E-state index in [-0.39, 0.29) is 43.0 Å². The van der Waals surface area contributed by atoms with Crippen LogP contribution in [0.25, 0.3) is 6.08 Å². The fourth-order valence-corrected chi connectivity index (χ4v) is 3.77. The summed E-state index contributed by atoms with van der Waals surface area (Å²) in [6.45, 7) is 7.71. The standard InChI is InChI=1S/C26H37N5O6/c1-16(2)13-30(22-24(27)31(14-17(3)4)26(35)28-25(22)34)21(33)15-29(5)20(32)12-11-18-9-8-10-19(36-6)23(18)37-7/h8-12,16-17H,13-15,27H2,1-7H3,(H,28,34,35). The van der Waals surface area contributed by atoms with Gasteiger partial charge in [0.25, 0.3) is 5.56 Å². The van der Waals surface area contributed by atoms with Crippen LogP contribution in [0.2, 0.25) is 0 Å². The lowest BCUT2D eigenvalue weighted by Gasteiger charge is -2.28. The van der Waals surface area contributed by atoms with E-state index in [9.17, 15) is 19.2 Å². The summed E-state index contributed by atoms with van der Waals surface area (Å²) in [5.74, 6) is 0.0174. The van der Waals surface area contributed by atoms with Gasteiger partial charge in [-0.1, -0.05) is 39.8 Å². The van der Waals surface area contributed by atoms with E-state index in [0.29, 0.717) is 17.1 Å². The van der Waals surface area contributed by atoms with Gasteiger partial charge in [0.05, 0.1) is 14.2 Å². The van der Waals surface area contributed by atoms with Crippen molar-refractivity contribution in [1.29, 1.82) is 0 Å². The van der Waals surface area contributed by atoms with Crippen molar-refractivity contribution in [2.75, 3.05) is 45.0 Å². The monoisotopic (exact) mass is 515 g/mol. The quantitative estimate of drug-likeness (QED) is 0.436. The molecule has 202 valence electrons. The molecule has 1 heterocycles. The third kappa shape index (κ3) is 7.25. The number of H-pyrrole nitrogens is 1. The molecule has 0 aliphatic heterocycles. The van der Waals surface area contributed by atoms with E-state index in [1.54, 1.807) is 24.3 Å². The van der Waals surface area contributed by atoms with E-state index in [4.69, 9.17) is 15.2 Å². The van der Waals surface area contributed by atoms with Crippen LogP contribution in [0, 0.1) is 11.8 Å². The normalized spacial score (nSPS) is 11.3. The zero-order valence-electron chi connectivity index (χ0n) is 22.5. The van der Waals surface area contributed by atoms with Gasteiger partial charge in [0, 0.05) is 31.8 Å². The zero-order valence-corrected chi connectivity index (χ0v) is 22.5. The number of likely N-dealkylation sites (N-methyl/N-ethyl adjacent to an activating group) is 1. The Kier molecular flexibility index (Phi) is 10.1. The second-order valence-corrected chi connectivity index (χ2v) is 9.51. The number of ether oxygens (including phenoxy) is 2. The van der Waals surface area contributed by atoms with Crippen molar-refractivity contribution in [2.24, 2.45) is 11.8 Å². The Hall–Kier alpha value is -4.02. The largest absolute Gasteiger partial charge is 0.493 e. The van der Waals surface area contributed by atoms with Crippen LogP contribution >= 0.6 is 0 Å². The summed E-state index contributed by atoms with van der Waals surface area (Å²) in [6, 6.07) is 5.27. The van der Waals surface area contributed by atoms with Crippen LogP contribution in [0.15, 0.2) is 33.9 Å². The number of aromatic nitrogens is 2. The van der Waals surface area contributed by atoms with Crippen molar-refractivity contribution in [2.45, 2.75) is 34.2 Å². The molecular weight excluding hydrogens is 478 g/mol. The lowest BCUT2D eigenvalue weighted by Crippen LogP contribution is -2.46. The number of carbonyl (C=O) groups is 2. The lowest BCUT2D eigenvalue weighted by molar-refractivity contribution is -0.130. The zero-order chi connectivity index (χ0) is 27.9. The number of aromatic amines is 1. The molecule has 0 spiro atoms. The minimum atomic E-state index is -0.754. The molecule has 0 fully saturated rings. The van der Waals surface area contributed by atoms with Crippen LogP contribution in [0.5, 0.6) is 11.5 Å². The minimum Gasteiger partial charge on any atom is -0.493 e. The molecule has 0 aliphatic carbocycles. The van der Waals surface area contributed by atoms with Crippen LogP contribution in [0.4, 0.5) is 11.5 Å². The molecule has 0 aliphatic rings. The molecule has 0 atom stereocenters. The maximum atomic E-state index is 13.4. The van der Waals surface area contributed by atoms with Gasteiger partial charge in [-0.3, -0.25) is 23.9 Å². The molecule has 11 heteroatoms. The van der Waals surface area contributed by atoms with Crippen molar-refractivity contribution in [1.82, 2.24) is 14.5 Å². The van der Waals surface area contributed by atoms with E-state index in [1.807, 2.05) is 27.7 Å². The first kappa shape index (κ1) is 29.2. The minimum absolute atomic E-state index is 0.0188. The molecule has 0 unspecified atom stereocenters.